The van der Waals surface area contributed by atoms with Gasteiger partial charge >= 0.3 is 0 Å². The van der Waals surface area contributed by atoms with Crippen LogP contribution in [-0.2, 0) is 0 Å². The first-order valence-electron chi connectivity index (χ1n) is 7.16. The molecular weight excluding hydrogens is 288 g/mol. The number of phenolic OH excluding ortho intramolecular Hbond substituents is 1. The minimum atomic E-state index is -0.303. The zero-order valence-corrected chi connectivity index (χ0v) is 12.4. The van der Waals surface area contributed by atoms with Crippen LogP contribution in [0.25, 0.3) is 5.69 Å². The van der Waals surface area contributed by atoms with Crippen molar-refractivity contribution in [2.45, 2.75) is 48.6 Å². The number of hydrogen-bond acceptors (Lipinski definition) is 6. The molecule has 0 aliphatic heterocycles. The van der Waals surface area contributed by atoms with Crippen LogP contribution >= 0.6 is 11.8 Å². The van der Waals surface area contributed by atoms with E-state index in [1.54, 1.807) is 28.9 Å². The number of aliphatic hydroxyl groups is 1. The van der Waals surface area contributed by atoms with Gasteiger partial charge in [-0.05, 0) is 47.5 Å². The third-order valence-electron chi connectivity index (χ3n) is 3.71. The van der Waals surface area contributed by atoms with Gasteiger partial charge in [-0.1, -0.05) is 31.0 Å². The van der Waals surface area contributed by atoms with E-state index in [1.807, 2.05) is 0 Å². The first-order valence-corrected chi connectivity index (χ1v) is 8.04. The molecule has 1 aliphatic rings. The minimum absolute atomic E-state index is 0.134. The first-order chi connectivity index (χ1) is 10.2. The van der Waals surface area contributed by atoms with Gasteiger partial charge in [0, 0.05) is 5.25 Å². The van der Waals surface area contributed by atoms with Gasteiger partial charge in [0.05, 0.1) is 11.8 Å². The molecule has 0 spiro atoms. The van der Waals surface area contributed by atoms with Gasteiger partial charge in [-0.15, -0.1) is 5.10 Å². The third-order valence-corrected chi connectivity index (χ3v) is 5.03. The molecule has 1 aromatic heterocycles. The molecule has 21 heavy (non-hydrogen) atoms. The molecule has 2 aromatic rings. The Kier molecular flexibility index (Phi) is 4.40. The van der Waals surface area contributed by atoms with Crippen LogP contribution in [0.4, 0.5) is 0 Å². The molecule has 2 unspecified atom stereocenters. The molecule has 2 N–H and O–H groups in total. The molecule has 1 saturated carbocycles. The van der Waals surface area contributed by atoms with Gasteiger partial charge in [-0.2, -0.15) is 4.68 Å². The Morgan fingerprint density at radius 1 is 1.10 bits per heavy atom. The Labute approximate surface area is 127 Å². The van der Waals surface area contributed by atoms with Crippen molar-refractivity contribution in [3.05, 3.63) is 24.3 Å². The third kappa shape index (κ3) is 3.36. The van der Waals surface area contributed by atoms with Crippen molar-refractivity contribution < 1.29 is 10.2 Å². The average molecular weight is 306 g/mol. The summed E-state index contributed by atoms with van der Waals surface area (Å²) in [6.45, 7) is 0. The SMILES string of the molecule is Oc1ccc(-n2nnnc2SC2CCCCCC2O)cc1. The Morgan fingerprint density at radius 2 is 1.86 bits per heavy atom. The second kappa shape index (κ2) is 6.44. The van der Waals surface area contributed by atoms with Crippen molar-refractivity contribution in [2.24, 2.45) is 0 Å². The quantitative estimate of drug-likeness (QED) is 0.845. The number of aromatic nitrogens is 4. The normalized spacial score (nSPS) is 22.9. The zero-order chi connectivity index (χ0) is 14.7. The van der Waals surface area contributed by atoms with Crippen molar-refractivity contribution in [3.8, 4) is 11.4 Å². The second-order valence-corrected chi connectivity index (χ2v) is 6.46. The van der Waals surface area contributed by atoms with Crippen LogP contribution in [0.2, 0.25) is 0 Å². The van der Waals surface area contributed by atoms with Crippen LogP contribution in [0.3, 0.4) is 0 Å². The van der Waals surface area contributed by atoms with E-state index < -0.39 is 0 Å². The molecule has 1 aliphatic carbocycles. The standard InChI is InChI=1S/C14H18N4O2S/c19-11-8-6-10(7-9-11)18-14(15-16-17-18)21-13-5-3-1-2-4-12(13)20/h6-9,12-13,19-20H,1-5H2. The van der Waals surface area contributed by atoms with Crippen LogP contribution in [0, 0.1) is 0 Å². The van der Waals surface area contributed by atoms with E-state index in [2.05, 4.69) is 15.5 Å². The van der Waals surface area contributed by atoms with Crippen molar-refractivity contribution in [1.82, 2.24) is 20.2 Å². The van der Waals surface area contributed by atoms with Crippen molar-refractivity contribution in [3.63, 3.8) is 0 Å². The Balaban J connectivity index is 1.80. The summed E-state index contributed by atoms with van der Waals surface area (Å²) in [7, 11) is 0. The summed E-state index contributed by atoms with van der Waals surface area (Å²) in [5, 5.41) is 32.2. The fourth-order valence-corrected chi connectivity index (χ4v) is 3.71. The van der Waals surface area contributed by atoms with E-state index in [0.717, 1.165) is 31.4 Å². The highest BCUT2D eigenvalue weighted by atomic mass is 32.2. The molecule has 1 aromatic carbocycles. The summed E-state index contributed by atoms with van der Waals surface area (Å²) in [5.41, 5.74) is 0.795. The van der Waals surface area contributed by atoms with Gasteiger partial charge in [0.15, 0.2) is 0 Å². The predicted molar refractivity (Wildman–Crippen MR) is 79.6 cm³/mol. The van der Waals surface area contributed by atoms with Crippen LogP contribution in [0.15, 0.2) is 29.4 Å². The van der Waals surface area contributed by atoms with Gasteiger partial charge < -0.3 is 10.2 Å². The van der Waals surface area contributed by atoms with E-state index in [9.17, 15) is 10.2 Å². The van der Waals surface area contributed by atoms with Gasteiger partial charge in [0.25, 0.3) is 0 Å². The lowest BCUT2D eigenvalue weighted by Crippen LogP contribution is -2.21. The molecule has 0 amide bonds. The minimum Gasteiger partial charge on any atom is -0.508 e. The second-order valence-electron chi connectivity index (χ2n) is 5.25. The summed E-state index contributed by atoms with van der Waals surface area (Å²) < 4.78 is 1.64. The maximum absolute atomic E-state index is 10.2. The lowest BCUT2D eigenvalue weighted by atomic mass is 10.1. The number of rotatable bonds is 3. The fraction of sp³-hybridized carbons (Fsp3) is 0.500. The highest BCUT2D eigenvalue weighted by Gasteiger charge is 2.25. The lowest BCUT2D eigenvalue weighted by molar-refractivity contribution is 0.163. The van der Waals surface area contributed by atoms with Crippen LogP contribution in [-0.4, -0.2) is 41.8 Å². The number of aromatic hydroxyl groups is 1. The summed E-state index contributed by atoms with van der Waals surface area (Å²) in [5.74, 6) is 0.209. The number of nitrogens with zero attached hydrogens (tertiary/aromatic N) is 4. The molecule has 1 fully saturated rings. The fourth-order valence-electron chi connectivity index (χ4n) is 2.54. The Bertz CT molecular complexity index is 587. The molecule has 0 radical (unpaired) electrons. The van der Waals surface area contributed by atoms with Gasteiger partial charge in [0.1, 0.15) is 5.75 Å². The summed E-state index contributed by atoms with van der Waals surface area (Å²) in [6.07, 6.45) is 4.92. The van der Waals surface area contributed by atoms with Crippen LogP contribution in [0.1, 0.15) is 32.1 Å². The molecular formula is C14H18N4O2S. The van der Waals surface area contributed by atoms with E-state index in [-0.39, 0.29) is 17.1 Å². The lowest BCUT2D eigenvalue weighted by Gasteiger charge is -2.18. The number of phenols is 1. The van der Waals surface area contributed by atoms with Crippen LogP contribution < -0.4 is 0 Å². The highest BCUT2D eigenvalue weighted by Crippen LogP contribution is 2.32. The molecule has 3 rings (SSSR count). The molecule has 1 heterocycles. The maximum Gasteiger partial charge on any atom is 0.214 e. The summed E-state index contributed by atoms with van der Waals surface area (Å²) in [6, 6.07) is 6.73. The number of benzene rings is 1. The molecule has 112 valence electrons. The van der Waals surface area contributed by atoms with Gasteiger partial charge in [-0.3, -0.25) is 0 Å². The number of hydrogen-bond donors (Lipinski definition) is 2. The average Bonchev–Trinajstić information content (AvgIpc) is 2.85. The summed E-state index contributed by atoms with van der Waals surface area (Å²) in [4.78, 5) is 0. The Morgan fingerprint density at radius 3 is 2.67 bits per heavy atom. The highest BCUT2D eigenvalue weighted by molar-refractivity contribution is 7.99. The predicted octanol–water partition coefficient (Wildman–Crippen LogP) is 2.15. The zero-order valence-electron chi connectivity index (χ0n) is 11.6. The Hall–Kier alpha value is -1.60. The van der Waals surface area contributed by atoms with E-state index in [4.69, 9.17) is 0 Å². The molecule has 0 saturated heterocycles. The van der Waals surface area contributed by atoms with Crippen molar-refractivity contribution >= 4 is 11.8 Å². The van der Waals surface area contributed by atoms with E-state index >= 15 is 0 Å². The number of thioether (sulfide) groups is 1. The number of tetrazole rings is 1. The molecule has 0 bridgehead atoms. The first kappa shape index (κ1) is 14.3. The molecule has 2 atom stereocenters. The molecule has 6 nitrogen and oxygen atoms in total. The van der Waals surface area contributed by atoms with Crippen molar-refractivity contribution in [1.29, 1.82) is 0 Å². The van der Waals surface area contributed by atoms with Gasteiger partial charge in [0.2, 0.25) is 5.16 Å². The number of aliphatic hydroxyl groups excluding tert-OH is 1. The van der Waals surface area contributed by atoms with E-state index in [0.29, 0.717) is 5.16 Å². The largest absolute Gasteiger partial charge is 0.508 e. The molecule has 7 heteroatoms. The smallest absolute Gasteiger partial charge is 0.214 e. The monoisotopic (exact) mass is 306 g/mol. The van der Waals surface area contributed by atoms with Crippen LogP contribution in [0.5, 0.6) is 5.75 Å². The van der Waals surface area contributed by atoms with E-state index in [1.165, 1.54) is 18.2 Å². The maximum atomic E-state index is 10.2. The van der Waals surface area contributed by atoms with Gasteiger partial charge in [-0.25, -0.2) is 0 Å². The summed E-state index contributed by atoms with van der Waals surface area (Å²) >= 11 is 1.53. The van der Waals surface area contributed by atoms with Crippen molar-refractivity contribution in [2.75, 3.05) is 0 Å². The topological polar surface area (TPSA) is 84.1 Å².